The van der Waals surface area contributed by atoms with Crippen LogP contribution in [0.4, 0.5) is 0 Å². The molecule has 0 spiro atoms. The van der Waals surface area contributed by atoms with Gasteiger partial charge in [-0.25, -0.2) is 4.79 Å². The summed E-state index contributed by atoms with van der Waals surface area (Å²) >= 11 is 2.00. The number of thioether (sulfide) groups is 1. The smallest absolute Gasteiger partial charge is 0.337 e. The summed E-state index contributed by atoms with van der Waals surface area (Å²) in [6.45, 7) is 2.71. The normalized spacial score (nSPS) is 16.5. The monoisotopic (exact) mass is 384 g/mol. The highest BCUT2D eigenvalue weighted by Crippen LogP contribution is 2.40. The SMILES string of the molecule is COC(=O)c1ccc2c(c1)-c1c(C)cc(OC3CCSCC3)cc1CCO2. The van der Waals surface area contributed by atoms with E-state index in [1.165, 1.54) is 24.2 Å². The molecule has 142 valence electrons. The Morgan fingerprint density at radius 1 is 1.19 bits per heavy atom. The summed E-state index contributed by atoms with van der Waals surface area (Å²) in [5, 5.41) is 0. The van der Waals surface area contributed by atoms with Crippen molar-refractivity contribution in [3.8, 4) is 22.6 Å². The fraction of sp³-hybridized carbons (Fsp3) is 0.409. The molecule has 2 heterocycles. The van der Waals surface area contributed by atoms with Crippen molar-refractivity contribution in [1.29, 1.82) is 0 Å². The molecule has 1 saturated heterocycles. The van der Waals surface area contributed by atoms with Crippen molar-refractivity contribution in [2.75, 3.05) is 25.2 Å². The maximum absolute atomic E-state index is 12.0. The summed E-state index contributed by atoms with van der Waals surface area (Å²) in [5.74, 6) is 3.76. The predicted molar refractivity (Wildman–Crippen MR) is 108 cm³/mol. The molecule has 0 radical (unpaired) electrons. The van der Waals surface area contributed by atoms with Crippen LogP contribution in [-0.4, -0.2) is 37.3 Å². The van der Waals surface area contributed by atoms with Crippen molar-refractivity contribution in [2.24, 2.45) is 0 Å². The maximum atomic E-state index is 12.0. The third kappa shape index (κ3) is 3.79. The summed E-state index contributed by atoms with van der Waals surface area (Å²) in [5.41, 5.74) is 4.97. The van der Waals surface area contributed by atoms with E-state index in [-0.39, 0.29) is 5.97 Å². The molecule has 4 rings (SSSR count). The van der Waals surface area contributed by atoms with Gasteiger partial charge in [0.15, 0.2) is 0 Å². The fourth-order valence-corrected chi connectivity index (χ4v) is 4.89. The van der Waals surface area contributed by atoms with E-state index < -0.39 is 0 Å². The molecule has 4 nitrogen and oxygen atoms in total. The van der Waals surface area contributed by atoms with Gasteiger partial charge < -0.3 is 14.2 Å². The second-order valence-corrected chi connectivity index (χ2v) is 8.23. The first-order valence-corrected chi connectivity index (χ1v) is 10.5. The first kappa shape index (κ1) is 18.2. The zero-order valence-electron chi connectivity index (χ0n) is 15.7. The number of hydrogen-bond donors (Lipinski definition) is 0. The number of rotatable bonds is 3. The van der Waals surface area contributed by atoms with Crippen molar-refractivity contribution in [1.82, 2.24) is 0 Å². The Kier molecular flexibility index (Phi) is 5.30. The van der Waals surface area contributed by atoms with Crippen LogP contribution in [-0.2, 0) is 11.2 Å². The summed E-state index contributed by atoms with van der Waals surface area (Å²) in [7, 11) is 1.40. The topological polar surface area (TPSA) is 44.8 Å². The number of hydrogen-bond acceptors (Lipinski definition) is 5. The Morgan fingerprint density at radius 3 is 2.78 bits per heavy atom. The average Bonchev–Trinajstić information content (AvgIpc) is 2.87. The highest BCUT2D eigenvalue weighted by molar-refractivity contribution is 7.99. The summed E-state index contributed by atoms with van der Waals surface area (Å²) < 4.78 is 17.1. The lowest BCUT2D eigenvalue weighted by Crippen LogP contribution is -2.22. The van der Waals surface area contributed by atoms with Crippen molar-refractivity contribution in [2.45, 2.75) is 32.3 Å². The van der Waals surface area contributed by atoms with Crippen LogP contribution >= 0.6 is 11.8 Å². The molecule has 2 aromatic carbocycles. The zero-order chi connectivity index (χ0) is 18.8. The number of aryl methyl sites for hydroxylation is 1. The lowest BCUT2D eigenvalue weighted by atomic mass is 9.92. The minimum atomic E-state index is -0.337. The van der Waals surface area contributed by atoms with E-state index in [0.29, 0.717) is 18.3 Å². The minimum absolute atomic E-state index is 0.309. The molecule has 0 unspecified atom stereocenters. The minimum Gasteiger partial charge on any atom is -0.493 e. The van der Waals surface area contributed by atoms with Gasteiger partial charge in [-0.1, -0.05) is 0 Å². The van der Waals surface area contributed by atoms with Crippen molar-refractivity contribution >= 4 is 17.7 Å². The standard InChI is InChI=1S/C22H24O4S/c1-14-11-18(26-17-6-9-27-10-7-17)12-15-5-8-25-20-4-3-16(22(23)24-2)13-19(20)21(14)15/h3-4,11-13,17H,5-10H2,1-2H3. The van der Waals surface area contributed by atoms with Gasteiger partial charge in [-0.15, -0.1) is 0 Å². The van der Waals surface area contributed by atoms with E-state index in [9.17, 15) is 4.79 Å². The number of carbonyl (C=O) groups excluding carboxylic acids is 1. The Labute approximate surface area is 164 Å². The number of esters is 1. The lowest BCUT2D eigenvalue weighted by molar-refractivity contribution is 0.0600. The molecular formula is C22H24O4S. The molecule has 27 heavy (non-hydrogen) atoms. The highest BCUT2D eigenvalue weighted by Gasteiger charge is 2.22. The van der Waals surface area contributed by atoms with Crippen molar-refractivity contribution in [3.05, 3.63) is 47.0 Å². The number of benzene rings is 2. The molecule has 1 fully saturated rings. The van der Waals surface area contributed by atoms with Crippen molar-refractivity contribution < 1.29 is 19.0 Å². The summed E-state index contributed by atoms with van der Waals surface area (Å²) in [6.07, 6.45) is 3.34. The van der Waals surface area contributed by atoms with Crippen LogP contribution in [0.25, 0.3) is 11.1 Å². The molecule has 0 saturated carbocycles. The van der Waals surface area contributed by atoms with Gasteiger partial charge in [-0.3, -0.25) is 0 Å². The molecule has 0 N–H and O–H groups in total. The number of fused-ring (bicyclic) bond motifs is 3. The Morgan fingerprint density at radius 2 is 2.00 bits per heavy atom. The van der Waals surface area contributed by atoms with Gasteiger partial charge in [0.2, 0.25) is 0 Å². The van der Waals surface area contributed by atoms with Crippen LogP contribution in [0, 0.1) is 6.92 Å². The van der Waals surface area contributed by atoms with E-state index in [0.717, 1.165) is 47.5 Å². The molecule has 2 aliphatic heterocycles. The zero-order valence-corrected chi connectivity index (χ0v) is 16.6. The van der Waals surface area contributed by atoms with Crippen LogP contribution in [0.3, 0.4) is 0 Å². The van der Waals surface area contributed by atoms with Gasteiger partial charge in [-0.2, -0.15) is 11.8 Å². The number of methoxy groups -OCH3 is 1. The van der Waals surface area contributed by atoms with Gasteiger partial charge in [0.05, 0.1) is 19.3 Å². The fourth-order valence-electron chi connectivity index (χ4n) is 3.83. The maximum Gasteiger partial charge on any atom is 0.337 e. The quantitative estimate of drug-likeness (QED) is 0.720. The van der Waals surface area contributed by atoms with E-state index in [4.69, 9.17) is 14.2 Å². The Balaban J connectivity index is 1.72. The summed E-state index contributed by atoms with van der Waals surface area (Å²) in [4.78, 5) is 12.0. The molecule has 0 atom stereocenters. The third-order valence-electron chi connectivity index (χ3n) is 5.16. The van der Waals surface area contributed by atoms with Gasteiger partial charge in [0, 0.05) is 12.0 Å². The third-order valence-corrected chi connectivity index (χ3v) is 6.21. The first-order chi connectivity index (χ1) is 13.2. The van der Waals surface area contributed by atoms with E-state index in [1.54, 1.807) is 6.07 Å². The van der Waals surface area contributed by atoms with Crippen LogP contribution in [0.2, 0.25) is 0 Å². The van der Waals surface area contributed by atoms with E-state index in [1.807, 2.05) is 23.9 Å². The Hall–Kier alpha value is -2.14. The molecule has 0 aromatic heterocycles. The lowest BCUT2D eigenvalue weighted by Gasteiger charge is -2.24. The number of ether oxygens (including phenoxy) is 3. The second kappa shape index (κ2) is 7.85. The van der Waals surface area contributed by atoms with E-state index >= 15 is 0 Å². The second-order valence-electron chi connectivity index (χ2n) is 7.00. The average molecular weight is 384 g/mol. The predicted octanol–water partition coefficient (Wildman–Crippen LogP) is 4.66. The van der Waals surface area contributed by atoms with Crippen LogP contribution in [0.1, 0.15) is 34.3 Å². The molecule has 2 aliphatic rings. The van der Waals surface area contributed by atoms with Gasteiger partial charge in [-0.05, 0) is 78.3 Å². The molecular weight excluding hydrogens is 360 g/mol. The molecule has 2 aromatic rings. The van der Waals surface area contributed by atoms with Crippen LogP contribution in [0.15, 0.2) is 30.3 Å². The number of carbonyl (C=O) groups is 1. The molecule has 0 bridgehead atoms. The van der Waals surface area contributed by atoms with Crippen LogP contribution < -0.4 is 9.47 Å². The summed E-state index contributed by atoms with van der Waals surface area (Å²) in [6, 6.07) is 9.74. The molecule has 0 aliphatic carbocycles. The molecule has 5 heteroatoms. The highest BCUT2D eigenvalue weighted by atomic mass is 32.2. The Bertz CT molecular complexity index is 856. The van der Waals surface area contributed by atoms with E-state index in [2.05, 4.69) is 19.1 Å². The first-order valence-electron chi connectivity index (χ1n) is 9.39. The van der Waals surface area contributed by atoms with Gasteiger partial charge in [0.25, 0.3) is 0 Å². The molecule has 0 amide bonds. The van der Waals surface area contributed by atoms with Gasteiger partial charge in [0.1, 0.15) is 17.6 Å². The largest absolute Gasteiger partial charge is 0.493 e. The van der Waals surface area contributed by atoms with Crippen LogP contribution in [0.5, 0.6) is 11.5 Å². The van der Waals surface area contributed by atoms with Crippen molar-refractivity contribution in [3.63, 3.8) is 0 Å². The van der Waals surface area contributed by atoms with Gasteiger partial charge >= 0.3 is 5.97 Å².